The van der Waals surface area contributed by atoms with Gasteiger partial charge in [-0.15, -0.1) is 23.2 Å². The van der Waals surface area contributed by atoms with E-state index in [2.05, 4.69) is 22.6 Å². The predicted molar refractivity (Wildman–Crippen MR) is 184 cm³/mol. The molecule has 1 saturated carbocycles. The van der Waals surface area contributed by atoms with Gasteiger partial charge in [-0.25, -0.2) is 26.9 Å². The van der Waals surface area contributed by atoms with Crippen LogP contribution in [0, 0.1) is 50.4 Å². The summed E-state index contributed by atoms with van der Waals surface area (Å²) in [5.74, 6) is -21.3. The first kappa shape index (κ1) is 34.0. The lowest BCUT2D eigenvalue weighted by Gasteiger charge is -2.51. The molecule has 0 spiro atoms. The minimum absolute atomic E-state index is 0.000203. The smallest absolute Gasteiger partial charge is 0.258 e. The third-order valence-corrected chi connectivity index (χ3v) is 12.7. The number of hydrogen-bond acceptors (Lipinski definition) is 5. The van der Waals surface area contributed by atoms with E-state index in [1.165, 1.54) is 12.1 Å². The molecule has 4 aromatic carbocycles. The van der Waals surface area contributed by atoms with Gasteiger partial charge in [-0.2, -0.15) is 0 Å². The first-order valence-corrected chi connectivity index (χ1v) is 17.3. The number of aromatic hydroxyl groups is 1. The van der Waals surface area contributed by atoms with E-state index < -0.39 is 98.2 Å². The van der Waals surface area contributed by atoms with E-state index in [0.29, 0.717) is 16.6 Å². The number of allylic oxidation sites excluding steroid dienone is 2. The van der Waals surface area contributed by atoms with Crippen molar-refractivity contribution in [2.75, 3.05) is 9.80 Å². The fraction of sp³-hybridized carbons (Fsp3) is 0.222. The molecule has 1 N–H and O–H groups in total. The average Bonchev–Trinajstić information content (AvgIpc) is 3.45. The Balaban J connectivity index is 1.37. The number of phenolic OH excluding ortho intramolecular Hbond substituents is 1. The van der Waals surface area contributed by atoms with Gasteiger partial charge in [0.05, 0.1) is 17.5 Å². The largest absolute Gasteiger partial charge is 0.507 e. The summed E-state index contributed by atoms with van der Waals surface area (Å²) in [7, 11) is 0. The molecular weight excluding hydrogens is 833 g/mol. The van der Waals surface area contributed by atoms with Crippen LogP contribution < -0.4 is 9.80 Å². The first-order chi connectivity index (χ1) is 24.1. The van der Waals surface area contributed by atoms with Gasteiger partial charge in [-0.1, -0.05) is 42.0 Å². The van der Waals surface area contributed by atoms with Gasteiger partial charge in [0.2, 0.25) is 17.6 Å². The molecule has 51 heavy (non-hydrogen) atoms. The maximum Gasteiger partial charge on any atom is 0.258 e. The maximum absolute atomic E-state index is 15.3. The fourth-order valence-corrected chi connectivity index (χ4v) is 9.60. The molecule has 4 aliphatic rings. The van der Waals surface area contributed by atoms with Crippen molar-refractivity contribution in [2.45, 2.75) is 28.5 Å². The van der Waals surface area contributed by atoms with Crippen LogP contribution in [-0.4, -0.2) is 38.5 Å². The van der Waals surface area contributed by atoms with Crippen molar-refractivity contribution in [3.63, 3.8) is 0 Å². The summed E-state index contributed by atoms with van der Waals surface area (Å²) in [5, 5.41) is 11.3. The topological polar surface area (TPSA) is 95.0 Å². The van der Waals surface area contributed by atoms with Crippen LogP contribution in [0.25, 0.3) is 10.8 Å². The molecule has 4 amide bonds. The molecule has 0 bridgehead atoms. The summed E-state index contributed by atoms with van der Waals surface area (Å²) in [6, 6.07) is 15.7. The summed E-state index contributed by atoms with van der Waals surface area (Å²) in [6.45, 7) is 0. The van der Waals surface area contributed by atoms with Crippen molar-refractivity contribution in [1.29, 1.82) is 0 Å². The summed E-state index contributed by atoms with van der Waals surface area (Å²) < 4.78 is 74.6. The van der Waals surface area contributed by atoms with E-state index in [0.717, 1.165) is 8.47 Å². The standard InChI is InChI=1S/C36H20Cl2F5IN2O5/c37-35-13-21-19(9-10-20-23(21)32(49)45(31(20)48)15-7-5-14(44)6-8-15)24(18-11-12-22(47)17-4-2-1-3-16(17)18)36(35,38)34(51)46(33(35)50)30-28(42)26(40)25(39)27(41)29(30)43/h1-9,11-12,20-21,23-24,47H,10,13H2/t20-,21+,23-,24-,35+,36-/m0/s1. The number of rotatable bonds is 3. The molecule has 0 unspecified atom stereocenters. The molecule has 2 aliphatic carbocycles. The Morgan fingerprint density at radius 3 is 1.98 bits per heavy atom. The first-order valence-electron chi connectivity index (χ1n) is 15.5. The number of amides is 4. The van der Waals surface area contributed by atoms with Crippen molar-refractivity contribution in [1.82, 2.24) is 0 Å². The van der Waals surface area contributed by atoms with E-state index in [9.17, 15) is 37.5 Å². The molecule has 6 atom stereocenters. The number of imide groups is 2. The Labute approximate surface area is 308 Å². The maximum atomic E-state index is 15.3. The SMILES string of the molecule is O=C1[C@H]2[C@H](CC=C3[C@H]2C[C@@]2(Cl)C(=O)N(c4c(F)c(F)c(F)c(F)c4F)C(=O)[C@@]2(Cl)[C@H]3c2ccc(O)c3ccccc23)C(=O)N1c1ccc(I)cc1. The molecule has 2 saturated heterocycles. The monoisotopic (exact) mass is 852 g/mol. The Bertz CT molecular complexity index is 2300. The highest BCUT2D eigenvalue weighted by Gasteiger charge is 2.77. The Morgan fingerprint density at radius 1 is 0.725 bits per heavy atom. The van der Waals surface area contributed by atoms with Crippen LogP contribution in [0.5, 0.6) is 5.75 Å². The second kappa shape index (κ2) is 11.5. The summed E-state index contributed by atoms with van der Waals surface area (Å²) in [4.78, 5) is 52.6. The molecule has 15 heteroatoms. The van der Waals surface area contributed by atoms with E-state index in [1.54, 1.807) is 54.6 Å². The van der Waals surface area contributed by atoms with Crippen molar-refractivity contribution in [2.24, 2.45) is 17.8 Å². The highest BCUT2D eigenvalue weighted by molar-refractivity contribution is 14.1. The lowest BCUT2D eigenvalue weighted by Crippen LogP contribution is -2.60. The predicted octanol–water partition coefficient (Wildman–Crippen LogP) is 7.61. The Hall–Kier alpha value is -4.08. The summed E-state index contributed by atoms with van der Waals surface area (Å²) >= 11 is 16.6. The molecule has 4 aromatic rings. The zero-order valence-electron chi connectivity index (χ0n) is 25.6. The minimum atomic E-state index is -2.68. The van der Waals surface area contributed by atoms with Crippen LogP contribution in [0.15, 0.2) is 72.3 Å². The van der Waals surface area contributed by atoms with Crippen LogP contribution in [-0.2, 0) is 19.2 Å². The van der Waals surface area contributed by atoms with Crippen LogP contribution in [0.4, 0.5) is 33.3 Å². The highest BCUT2D eigenvalue weighted by atomic mass is 127. The van der Waals surface area contributed by atoms with Gasteiger partial charge < -0.3 is 5.11 Å². The van der Waals surface area contributed by atoms with E-state index in [4.69, 9.17) is 23.2 Å². The van der Waals surface area contributed by atoms with Gasteiger partial charge in [0.15, 0.2) is 33.0 Å². The quantitative estimate of drug-likeness (QED) is 0.0436. The summed E-state index contributed by atoms with van der Waals surface area (Å²) in [5.41, 5.74) is -1.03. The van der Waals surface area contributed by atoms with Crippen LogP contribution >= 0.6 is 45.8 Å². The van der Waals surface area contributed by atoms with Crippen molar-refractivity contribution < 1.29 is 46.2 Å². The highest BCUT2D eigenvalue weighted by Crippen LogP contribution is 2.66. The lowest BCUT2D eigenvalue weighted by atomic mass is 9.56. The Morgan fingerprint density at radius 2 is 1.33 bits per heavy atom. The number of carbonyl (C=O) groups is 4. The van der Waals surface area contributed by atoms with Crippen molar-refractivity contribution >= 4 is 91.6 Å². The zero-order valence-corrected chi connectivity index (χ0v) is 29.2. The normalized spacial score (nSPS) is 28.7. The van der Waals surface area contributed by atoms with E-state index in [1.807, 2.05) is 0 Å². The Kier molecular flexibility index (Phi) is 7.65. The van der Waals surface area contributed by atoms with E-state index in [-0.39, 0.29) is 28.0 Å². The third kappa shape index (κ3) is 4.34. The molecule has 260 valence electrons. The number of carbonyl (C=O) groups excluding carboxylic acids is 4. The number of phenols is 1. The molecule has 2 heterocycles. The molecule has 2 aliphatic heterocycles. The molecule has 0 aromatic heterocycles. The van der Waals surface area contributed by atoms with Crippen LogP contribution in [0.3, 0.4) is 0 Å². The van der Waals surface area contributed by atoms with Gasteiger partial charge in [0.25, 0.3) is 11.8 Å². The third-order valence-electron chi connectivity index (χ3n) is 10.6. The molecule has 3 fully saturated rings. The summed E-state index contributed by atoms with van der Waals surface area (Å²) in [6.07, 6.45) is 1.01. The zero-order chi connectivity index (χ0) is 36.5. The molecular formula is C36H20Cl2F5IN2O5. The van der Waals surface area contributed by atoms with Crippen LogP contribution in [0.2, 0.25) is 0 Å². The molecule has 8 rings (SSSR count). The average molecular weight is 853 g/mol. The second-order valence-electron chi connectivity index (χ2n) is 12.9. The van der Waals surface area contributed by atoms with Gasteiger partial charge >= 0.3 is 0 Å². The van der Waals surface area contributed by atoms with Gasteiger partial charge in [-0.05, 0) is 82.6 Å². The second-order valence-corrected chi connectivity index (χ2v) is 15.4. The number of hydrogen-bond donors (Lipinski definition) is 1. The number of fused-ring (bicyclic) bond motifs is 5. The fourth-order valence-electron chi connectivity index (χ4n) is 8.32. The number of benzene rings is 4. The van der Waals surface area contributed by atoms with Gasteiger partial charge in [0, 0.05) is 14.9 Å². The van der Waals surface area contributed by atoms with Crippen molar-refractivity contribution in [3.8, 4) is 5.75 Å². The van der Waals surface area contributed by atoms with E-state index >= 15 is 8.78 Å². The molecule has 0 radical (unpaired) electrons. The lowest BCUT2D eigenvalue weighted by molar-refractivity contribution is -0.125. The number of halogens is 8. The number of nitrogens with zero attached hydrogens (tertiary/aromatic N) is 2. The van der Waals surface area contributed by atoms with Gasteiger partial charge in [0.1, 0.15) is 11.4 Å². The van der Waals surface area contributed by atoms with Crippen LogP contribution in [0.1, 0.15) is 24.3 Å². The number of alkyl halides is 2. The number of anilines is 2. The van der Waals surface area contributed by atoms with Gasteiger partial charge in [-0.3, -0.25) is 24.1 Å². The van der Waals surface area contributed by atoms with Crippen molar-refractivity contribution in [3.05, 3.63) is 111 Å². The minimum Gasteiger partial charge on any atom is -0.507 e. The molecule has 7 nitrogen and oxygen atoms in total.